The Morgan fingerprint density at radius 3 is 2.92 bits per heavy atom. The molecule has 0 aromatic rings. The second-order valence-corrected chi connectivity index (χ2v) is 3.56. The third-order valence-electron chi connectivity index (χ3n) is 2.48. The van der Waals surface area contributed by atoms with Crippen LogP contribution in [0.2, 0.25) is 0 Å². The van der Waals surface area contributed by atoms with Gasteiger partial charge in [-0.1, -0.05) is 6.92 Å². The summed E-state index contributed by atoms with van der Waals surface area (Å²) in [5.41, 5.74) is 0. The van der Waals surface area contributed by atoms with Crippen molar-refractivity contribution >= 4 is 6.03 Å². The number of halogens is 1. The highest BCUT2D eigenvalue weighted by Gasteiger charge is 2.28. The van der Waals surface area contributed by atoms with Gasteiger partial charge in [0, 0.05) is 13.1 Å². The summed E-state index contributed by atoms with van der Waals surface area (Å²) in [6.07, 6.45) is -0.102. The summed E-state index contributed by atoms with van der Waals surface area (Å²) >= 11 is 0. The summed E-state index contributed by atoms with van der Waals surface area (Å²) in [6.45, 7) is 5.26. The van der Waals surface area contributed by atoms with Gasteiger partial charge in [-0.3, -0.25) is 0 Å². The summed E-state index contributed by atoms with van der Waals surface area (Å²) in [5, 5.41) is 2.67. The maximum absolute atomic E-state index is 13.2. The number of rotatable bonds is 1. The first-order chi connectivity index (χ1) is 6.15. The molecule has 0 spiro atoms. The summed E-state index contributed by atoms with van der Waals surface area (Å²) in [4.78, 5) is 12.8. The van der Waals surface area contributed by atoms with Crippen molar-refractivity contribution in [3.8, 4) is 0 Å². The third kappa shape index (κ3) is 2.57. The van der Waals surface area contributed by atoms with Gasteiger partial charge in [-0.05, 0) is 19.3 Å². The van der Waals surface area contributed by atoms with Crippen molar-refractivity contribution in [3.63, 3.8) is 0 Å². The van der Waals surface area contributed by atoms with Gasteiger partial charge in [0.15, 0.2) is 0 Å². The van der Waals surface area contributed by atoms with Crippen molar-refractivity contribution in [2.75, 3.05) is 19.6 Å². The number of alkyl halides is 1. The van der Waals surface area contributed by atoms with E-state index in [1.807, 2.05) is 13.8 Å². The van der Waals surface area contributed by atoms with Gasteiger partial charge in [0.05, 0.1) is 6.54 Å². The van der Waals surface area contributed by atoms with Crippen LogP contribution in [0, 0.1) is 5.92 Å². The van der Waals surface area contributed by atoms with E-state index < -0.39 is 6.17 Å². The number of carbonyl (C=O) groups is 1. The number of likely N-dealkylation sites (tertiary alicyclic amines) is 1. The van der Waals surface area contributed by atoms with E-state index in [4.69, 9.17) is 0 Å². The molecule has 0 bridgehead atoms. The van der Waals surface area contributed by atoms with Crippen LogP contribution in [0.4, 0.5) is 9.18 Å². The highest BCUT2D eigenvalue weighted by Crippen LogP contribution is 2.19. The van der Waals surface area contributed by atoms with Gasteiger partial charge in [-0.2, -0.15) is 0 Å². The van der Waals surface area contributed by atoms with E-state index >= 15 is 0 Å². The zero-order valence-corrected chi connectivity index (χ0v) is 8.22. The molecule has 2 atom stereocenters. The molecule has 76 valence electrons. The van der Waals surface area contributed by atoms with E-state index in [0.29, 0.717) is 13.1 Å². The fourth-order valence-corrected chi connectivity index (χ4v) is 1.47. The summed E-state index contributed by atoms with van der Waals surface area (Å²) in [5.74, 6) is 0.0886. The van der Waals surface area contributed by atoms with E-state index in [9.17, 15) is 9.18 Å². The average molecular weight is 188 g/mol. The van der Waals surface area contributed by atoms with Crippen LogP contribution in [0.3, 0.4) is 0 Å². The molecule has 4 heteroatoms. The summed E-state index contributed by atoms with van der Waals surface area (Å²) in [7, 11) is 0. The predicted molar refractivity (Wildman–Crippen MR) is 49.3 cm³/mol. The zero-order valence-electron chi connectivity index (χ0n) is 8.22. The zero-order chi connectivity index (χ0) is 9.84. The number of nitrogens with zero attached hydrogens (tertiary/aromatic N) is 1. The van der Waals surface area contributed by atoms with Crippen molar-refractivity contribution in [1.82, 2.24) is 10.2 Å². The van der Waals surface area contributed by atoms with Crippen molar-refractivity contribution < 1.29 is 9.18 Å². The molecule has 13 heavy (non-hydrogen) atoms. The second-order valence-electron chi connectivity index (χ2n) is 3.56. The summed E-state index contributed by atoms with van der Waals surface area (Å²) in [6, 6.07) is -0.142. The smallest absolute Gasteiger partial charge is 0.317 e. The normalized spacial score (nSPS) is 28.7. The van der Waals surface area contributed by atoms with Gasteiger partial charge in [0.2, 0.25) is 0 Å². The van der Waals surface area contributed by atoms with Gasteiger partial charge in [0.1, 0.15) is 6.17 Å². The highest BCUT2D eigenvalue weighted by molar-refractivity contribution is 5.74. The lowest BCUT2D eigenvalue weighted by molar-refractivity contribution is 0.108. The molecule has 0 aromatic carbocycles. The first-order valence-electron chi connectivity index (χ1n) is 4.82. The largest absolute Gasteiger partial charge is 0.338 e. The Bertz CT molecular complexity index is 186. The minimum Gasteiger partial charge on any atom is -0.338 e. The maximum Gasteiger partial charge on any atom is 0.317 e. The molecule has 1 N–H and O–H groups in total. The van der Waals surface area contributed by atoms with Crippen LogP contribution in [-0.2, 0) is 0 Å². The molecule has 1 heterocycles. The fraction of sp³-hybridized carbons (Fsp3) is 0.889. The number of carbonyl (C=O) groups excluding carboxylic acids is 1. The van der Waals surface area contributed by atoms with Crippen molar-refractivity contribution in [2.45, 2.75) is 26.4 Å². The predicted octanol–water partition coefficient (Wildman–Crippen LogP) is 1.40. The van der Waals surface area contributed by atoms with E-state index in [-0.39, 0.29) is 18.5 Å². The molecule has 0 aliphatic carbocycles. The van der Waals surface area contributed by atoms with Crippen LogP contribution in [0.1, 0.15) is 20.3 Å². The van der Waals surface area contributed by atoms with Crippen LogP contribution in [0.15, 0.2) is 0 Å². The Hall–Kier alpha value is -0.800. The topological polar surface area (TPSA) is 32.3 Å². The molecule has 1 rings (SSSR count). The second kappa shape index (κ2) is 4.44. The molecule has 1 fully saturated rings. The van der Waals surface area contributed by atoms with Crippen LogP contribution >= 0.6 is 0 Å². The molecule has 1 aliphatic rings. The van der Waals surface area contributed by atoms with Crippen molar-refractivity contribution in [1.29, 1.82) is 0 Å². The molecular weight excluding hydrogens is 171 g/mol. The van der Waals surface area contributed by atoms with Crippen LogP contribution in [0.5, 0.6) is 0 Å². The van der Waals surface area contributed by atoms with Gasteiger partial charge < -0.3 is 10.2 Å². The SMILES string of the molecule is CCNC(=O)N1CCC(C)C(F)C1. The molecule has 2 amide bonds. The molecule has 0 aromatic heterocycles. The van der Waals surface area contributed by atoms with E-state index in [1.54, 1.807) is 4.90 Å². The Morgan fingerprint density at radius 1 is 1.69 bits per heavy atom. The minimum absolute atomic E-state index is 0.0886. The quantitative estimate of drug-likeness (QED) is 0.662. The molecule has 0 saturated carbocycles. The Labute approximate surface area is 78.3 Å². The molecule has 1 aliphatic heterocycles. The van der Waals surface area contributed by atoms with E-state index in [0.717, 1.165) is 6.42 Å². The molecule has 2 unspecified atom stereocenters. The first kappa shape index (κ1) is 10.3. The number of amides is 2. The van der Waals surface area contributed by atoms with E-state index in [1.165, 1.54) is 0 Å². The monoisotopic (exact) mass is 188 g/mol. The minimum atomic E-state index is -0.864. The van der Waals surface area contributed by atoms with Crippen molar-refractivity contribution in [3.05, 3.63) is 0 Å². The van der Waals surface area contributed by atoms with E-state index in [2.05, 4.69) is 5.32 Å². The first-order valence-corrected chi connectivity index (χ1v) is 4.82. The number of hydrogen-bond acceptors (Lipinski definition) is 1. The number of nitrogens with one attached hydrogen (secondary N) is 1. The highest BCUT2D eigenvalue weighted by atomic mass is 19.1. The maximum atomic E-state index is 13.2. The van der Waals surface area contributed by atoms with Crippen molar-refractivity contribution in [2.24, 2.45) is 5.92 Å². The van der Waals surface area contributed by atoms with Gasteiger partial charge in [-0.25, -0.2) is 9.18 Å². The van der Waals surface area contributed by atoms with Crippen LogP contribution in [-0.4, -0.2) is 36.7 Å². The molecule has 0 radical (unpaired) electrons. The van der Waals surface area contributed by atoms with Gasteiger partial charge in [-0.15, -0.1) is 0 Å². The standard InChI is InChI=1S/C9H17FN2O/c1-3-11-9(13)12-5-4-7(2)8(10)6-12/h7-8H,3-6H2,1-2H3,(H,11,13). The lowest BCUT2D eigenvalue weighted by Gasteiger charge is -2.32. The Balaban J connectivity index is 2.40. The van der Waals surface area contributed by atoms with Gasteiger partial charge in [0.25, 0.3) is 0 Å². The van der Waals surface area contributed by atoms with Crippen LogP contribution < -0.4 is 5.32 Å². The number of urea groups is 1. The number of hydrogen-bond donors (Lipinski definition) is 1. The lowest BCUT2D eigenvalue weighted by atomic mass is 9.97. The molecular formula is C9H17FN2O. The summed E-state index contributed by atoms with van der Waals surface area (Å²) < 4.78 is 13.2. The average Bonchev–Trinajstić information content (AvgIpc) is 2.10. The fourth-order valence-electron chi connectivity index (χ4n) is 1.47. The van der Waals surface area contributed by atoms with Gasteiger partial charge >= 0.3 is 6.03 Å². The lowest BCUT2D eigenvalue weighted by Crippen LogP contribution is -2.48. The molecule has 1 saturated heterocycles. The Kier molecular flexibility index (Phi) is 3.51. The Morgan fingerprint density at radius 2 is 2.38 bits per heavy atom. The number of piperidine rings is 1. The third-order valence-corrected chi connectivity index (χ3v) is 2.48. The molecule has 3 nitrogen and oxygen atoms in total. The van der Waals surface area contributed by atoms with Crippen LogP contribution in [0.25, 0.3) is 0 Å².